The van der Waals surface area contributed by atoms with Gasteiger partial charge in [0.25, 0.3) is 11.2 Å². The van der Waals surface area contributed by atoms with Gasteiger partial charge >= 0.3 is 0 Å². The maximum absolute atomic E-state index is 12.1. The number of nitro benzene ring substituents is 1. The van der Waals surface area contributed by atoms with Crippen LogP contribution in [0.2, 0.25) is 0 Å². The van der Waals surface area contributed by atoms with Crippen LogP contribution in [0.1, 0.15) is 5.69 Å². The molecule has 1 aromatic carbocycles. The van der Waals surface area contributed by atoms with E-state index in [2.05, 4.69) is 0 Å². The molecule has 0 atom stereocenters. The van der Waals surface area contributed by atoms with Gasteiger partial charge in [-0.1, -0.05) is 0 Å². The molecule has 0 saturated carbocycles. The Bertz CT molecular complexity index is 699. The molecule has 0 radical (unpaired) electrons. The van der Waals surface area contributed by atoms with Crippen LogP contribution < -0.4 is 11.3 Å². The van der Waals surface area contributed by atoms with Crippen LogP contribution in [0.5, 0.6) is 0 Å². The van der Waals surface area contributed by atoms with Gasteiger partial charge in [0.05, 0.1) is 22.9 Å². The molecule has 20 heavy (non-hydrogen) atoms. The van der Waals surface area contributed by atoms with Gasteiger partial charge in [0.1, 0.15) is 5.69 Å². The van der Waals surface area contributed by atoms with E-state index < -0.39 is 4.92 Å². The molecule has 2 aromatic rings. The zero-order chi connectivity index (χ0) is 14.9. The third kappa shape index (κ3) is 2.16. The Kier molecular flexibility index (Phi) is 3.57. The van der Waals surface area contributed by atoms with E-state index in [1.165, 1.54) is 36.1 Å². The van der Waals surface area contributed by atoms with Gasteiger partial charge in [0.2, 0.25) is 0 Å². The lowest BCUT2D eigenvalue weighted by Gasteiger charge is -2.09. The summed E-state index contributed by atoms with van der Waals surface area (Å²) < 4.78 is 7.91. The fraction of sp³-hybridized carbons (Fsp3) is 0.250. The summed E-state index contributed by atoms with van der Waals surface area (Å²) in [4.78, 5) is 22.3. The van der Waals surface area contributed by atoms with Gasteiger partial charge in [-0.25, -0.2) is 4.68 Å². The van der Waals surface area contributed by atoms with Gasteiger partial charge in [-0.05, 0) is 12.1 Å². The molecule has 2 N–H and O–H groups in total. The van der Waals surface area contributed by atoms with E-state index in [-0.39, 0.29) is 23.5 Å². The third-order valence-electron chi connectivity index (χ3n) is 3.01. The van der Waals surface area contributed by atoms with E-state index in [0.29, 0.717) is 11.4 Å². The fourth-order valence-corrected chi connectivity index (χ4v) is 1.98. The Morgan fingerprint density at radius 3 is 2.45 bits per heavy atom. The Labute approximate surface area is 114 Å². The van der Waals surface area contributed by atoms with Gasteiger partial charge in [-0.15, -0.1) is 0 Å². The summed E-state index contributed by atoms with van der Waals surface area (Å²) in [5.41, 5.74) is 6.50. The van der Waals surface area contributed by atoms with Crippen molar-refractivity contribution in [2.75, 3.05) is 12.8 Å². The van der Waals surface area contributed by atoms with E-state index in [1.807, 2.05) is 0 Å². The number of nitro groups is 1. The van der Waals surface area contributed by atoms with E-state index in [1.54, 1.807) is 11.7 Å². The first-order valence-corrected chi connectivity index (χ1v) is 5.77. The molecular weight excluding hydrogens is 264 g/mol. The lowest BCUT2D eigenvalue weighted by atomic mass is 10.3. The highest BCUT2D eigenvalue weighted by Crippen LogP contribution is 2.17. The second-order valence-electron chi connectivity index (χ2n) is 4.21. The van der Waals surface area contributed by atoms with Crippen LogP contribution in [0.25, 0.3) is 5.69 Å². The lowest BCUT2D eigenvalue weighted by Crippen LogP contribution is -2.20. The van der Waals surface area contributed by atoms with Crippen LogP contribution in [0.4, 0.5) is 11.4 Å². The number of ether oxygens (including phenoxy) is 1. The number of nitrogens with two attached hydrogens (primary N) is 1. The quantitative estimate of drug-likeness (QED) is 0.658. The van der Waals surface area contributed by atoms with Crippen molar-refractivity contribution in [3.05, 3.63) is 50.4 Å². The predicted molar refractivity (Wildman–Crippen MR) is 72.8 cm³/mol. The summed E-state index contributed by atoms with van der Waals surface area (Å²) in [6, 6.07) is 5.66. The van der Waals surface area contributed by atoms with Gasteiger partial charge in [-0.2, -0.15) is 0 Å². The van der Waals surface area contributed by atoms with E-state index in [0.717, 1.165) is 0 Å². The summed E-state index contributed by atoms with van der Waals surface area (Å²) in [5.74, 6) is 0. The minimum Gasteiger partial charge on any atom is -0.393 e. The van der Waals surface area contributed by atoms with Crippen molar-refractivity contribution in [3.8, 4) is 5.69 Å². The van der Waals surface area contributed by atoms with Crippen molar-refractivity contribution in [1.29, 1.82) is 0 Å². The van der Waals surface area contributed by atoms with Crippen molar-refractivity contribution in [3.63, 3.8) is 0 Å². The average molecular weight is 278 g/mol. The van der Waals surface area contributed by atoms with Crippen molar-refractivity contribution >= 4 is 11.4 Å². The molecule has 0 fully saturated rings. The molecule has 1 heterocycles. The Hall–Kier alpha value is -2.61. The summed E-state index contributed by atoms with van der Waals surface area (Å²) in [5, 5.41) is 10.6. The largest absolute Gasteiger partial charge is 0.393 e. The topological polar surface area (TPSA) is 105 Å². The number of methoxy groups -OCH3 is 1. The molecule has 0 unspecified atom stereocenters. The van der Waals surface area contributed by atoms with E-state index >= 15 is 0 Å². The molecule has 0 amide bonds. The second-order valence-corrected chi connectivity index (χ2v) is 4.21. The van der Waals surface area contributed by atoms with Crippen LogP contribution in [-0.2, 0) is 18.4 Å². The molecule has 0 aliphatic rings. The number of nitrogen functional groups attached to an aromatic ring is 1. The maximum atomic E-state index is 12.1. The number of aromatic nitrogens is 2. The van der Waals surface area contributed by atoms with Gasteiger partial charge in [0, 0.05) is 26.3 Å². The number of hydrogen-bond acceptors (Lipinski definition) is 5. The number of hydrogen-bond donors (Lipinski definition) is 1. The van der Waals surface area contributed by atoms with Crippen LogP contribution >= 0.6 is 0 Å². The lowest BCUT2D eigenvalue weighted by molar-refractivity contribution is -0.384. The standard InChI is InChI=1S/C12H14N4O4/c1-14-10(7-20-2)11(13)12(17)15(14)8-3-5-9(6-4-8)16(18)19/h3-6H,7,13H2,1-2H3. The first-order chi connectivity index (χ1) is 9.47. The molecule has 0 bridgehead atoms. The molecule has 0 spiro atoms. The monoisotopic (exact) mass is 278 g/mol. The highest BCUT2D eigenvalue weighted by Gasteiger charge is 2.16. The summed E-state index contributed by atoms with van der Waals surface area (Å²) >= 11 is 0. The summed E-state index contributed by atoms with van der Waals surface area (Å²) in [6.45, 7) is 0.206. The van der Waals surface area contributed by atoms with Gasteiger partial charge in [-0.3, -0.25) is 19.6 Å². The second kappa shape index (κ2) is 5.17. The third-order valence-corrected chi connectivity index (χ3v) is 3.01. The van der Waals surface area contributed by atoms with Gasteiger partial charge in [0.15, 0.2) is 0 Å². The zero-order valence-electron chi connectivity index (χ0n) is 11.1. The van der Waals surface area contributed by atoms with Crippen LogP contribution in [0, 0.1) is 10.1 Å². The molecule has 8 heteroatoms. The van der Waals surface area contributed by atoms with Crippen LogP contribution in [-0.4, -0.2) is 21.4 Å². The van der Waals surface area contributed by atoms with Crippen LogP contribution in [0.15, 0.2) is 29.1 Å². The average Bonchev–Trinajstić information content (AvgIpc) is 2.63. The molecule has 0 saturated heterocycles. The van der Waals surface area contributed by atoms with E-state index in [9.17, 15) is 14.9 Å². The minimum atomic E-state index is -0.498. The number of non-ortho nitro benzene ring substituents is 1. The molecule has 0 aliphatic carbocycles. The molecule has 106 valence electrons. The number of rotatable bonds is 4. The van der Waals surface area contributed by atoms with Crippen molar-refractivity contribution < 1.29 is 9.66 Å². The number of benzene rings is 1. The van der Waals surface area contributed by atoms with Crippen molar-refractivity contribution in [2.45, 2.75) is 6.61 Å². The molecular formula is C12H14N4O4. The minimum absolute atomic E-state index is 0.0407. The molecule has 8 nitrogen and oxygen atoms in total. The smallest absolute Gasteiger partial charge is 0.294 e. The number of nitrogens with zero attached hydrogens (tertiary/aromatic N) is 3. The Morgan fingerprint density at radius 1 is 1.35 bits per heavy atom. The predicted octanol–water partition coefficient (Wildman–Crippen LogP) is 0.813. The molecule has 1 aromatic heterocycles. The first-order valence-electron chi connectivity index (χ1n) is 5.77. The summed E-state index contributed by atoms with van der Waals surface area (Å²) in [7, 11) is 3.18. The highest BCUT2D eigenvalue weighted by molar-refractivity contribution is 5.47. The maximum Gasteiger partial charge on any atom is 0.294 e. The van der Waals surface area contributed by atoms with Crippen molar-refractivity contribution in [1.82, 2.24) is 9.36 Å². The summed E-state index contributed by atoms with van der Waals surface area (Å²) in [6.07, 6.45) is 0. The Morgan fingerprint density at radius 2 is 1.95 bits per heavy atom. The van der Waals surface area contributed by atoms with Crippen LogP contribution in [0.3, 0.4) is 0 Å². The normalized spacial score (nSPS) is 10.7. The molecule has 0 aliphatic heterocycles. The molecule has 2 rings (SSSR count). The van der Waals surface area contributed by atoms with Gasteiger partial charge < -0.3 is 10.5 Å². The first kappa shape index (κ1) is 13.8. The SMILES string of the molecule is COCc1c(N)c(=O)n(-c2ccc([N+](=O)[O-])cc2)n1C. The zero-order valence-corrected chi connectivity index (χ0v) is 11.1. The fourth-order valence-electron chi connectivity index (χ4n) is 1.98. The Balaban J connectivity index is 2.55. The van der Waals surface area contributed by atoms with Crippen molar-refractivity contribution in [2.24, 2.45) is 7.05 Å². The number of anilines is 1. The highest BCUT2D eigenvalue weighted by atomic mass is 16.6. The van der Waals surface area contributed by atoms with E-state index in [4.69, 9.17) is 10.5 Å².